The van der Waals surface area contributed by atoms with Crippen molar-refractivity contribution >= 4 is 23.3 Å². The van der Waals surface area contributed by atoms with Gasteiger partial charge in [-0.3, -0.25) is 9.59 Å². The molecule has 0 saturated heterocycles. The number of fused-ring (bicyclic) bond motifs is 1. The number of carbonyl (C=O) groups excluding carboxylic acids is 2. The highest BCUT2D eigenvalue weighted by Gasteiger charge is 2.37. The number of nitrogens with one attached hydrogen (secondary N) is 2. The summed E-state index contributed by atoms with van der Waals surface area (Å²) >= 11 is 0. The fourth-order valence-corrected chi connectivity index (χ4v) is 3.86. The first kappa shape index (κ1) is 21.0. The third-order valence-electron chi connectivity index (χ3n) is 5.29. The first-order valence-corrected chi connectivity index (χ1v) is 9.88. The summed E-state index contributed by atoms with van der Waals surface area (Å²) < 4.78 is 12.7. The SMILES string of the molecule is COc1cccc([C@@H]2C(C(=O)Nc3ccccc3)=C(C)Nc3c(C(N)=O)cnn32)c1OC. The van der Waals surface area contributed by atoms with E-state index in [1.165, 1.54) is 13.3 Å². The zero-order valence-electron chi connectivity index (χ0n) is 17.9. The molecular weight excluding hydrogens is 410 g/mol. The molecule has 0 radical (unpaired) electrons. The first-order chi connectivity index (χ1) is 15.5. The van der Waals surface area contributed by atoms with Crippen molar-refractivity contribution in [2.45, 2.75) is 13.0 Å². The van der Waals surface area contributed by atoms with E-state index in [2.05, 4.69) is 15.7 Å². The van der Waals surface area contributed by atoms with Crippen LogP contribution in [-0.2, 0) is 4.79 Å². The molecule has 1 aliphatic rings. The molecule has 1 atom stereocenters. The summed E-state index contributed by atoms with van der Waals surface area (Å²) in [6.45, 7) is 1.76. The second-order valence-corrected chi connectivity index (χ2v) is 7.18. The van der Waals surface area contributed by atoms with Crippen LogP contribution in [-0.4, -0.2) is 35.8 Å². The van der Waals surface area contributed by atoms with E-state index in [9.17, 15) is 9.59 Å². The van der Waals surface area contributed by atoms with Gasteiger partial charge in [-0.05, 0) is 25.1 Å². The normalized spacial score (nSPS) is 14.9. The third-order valence-corrected chi connectivity index (χ3v) is 5.29. The summed E-state index contributed by atoms with van der Waals surface area (Å²) in [5.74, 6) is 0.425. The van der Waals surface area contributed by atoms with Crippen molar-refractivity contribution in [3.63, 3.8) is 0 Å². The molecular formula is C23H23N5O4. The number of anilines is 2. The summed E-state index contributed by atoms with van der Waals surface area (Å²) in [5, 5.41) is 10.4. The van der Waals surface area contributed by atoms with Crippen LogP contribution in [0.25, 0.3) is 0 Å². The van der Waals surface area contributed by atoms with Gasteiger partial charge >= 0.3 is 0 Å². The second kappa shape index (κ2) is 8.46. The van der Waals surface area contributed by atoms with Gasteiger partial charge in [-0.15, -0.1) is 0 Å². The average Bonchev–Trinajstić information content (AvgIpc) is 3.21. The number of nitrogens with two attached hydrogens (primary N) is 1. The molecule has 0 bridgehead atoms. The molecule has 2 amide bonds. The van der Waals surface area contributed by atoms with Gasteiger partial charge in [0.25, 0.3) is 11.8 Å². The van der Waals surface area contributed by atoms with Crippen molar-refractivity contribution in [3.8, 4) is 11.5 Å². The number of rotatable bonds is 6. The minimum absolute atomic E-state index is 0.221. The molecule has 1 aromatic heterocycles. The molecule has 4 N–H and O–H groups in total. The Morgan fingerprint density at radius 3 is 2.50 bits per heavy atom. The molecule has 9 nitrogen and oxygen atoms in total. The number of para-hydroxylation sites is 2. The number of hydrogen-bond acceptors (Lipinski definition) is 6. The molecule has 9 heteroatoms. The van der Waals surface area contributed by atoms with Crippen LogP contribution < -0.4 is 25.8 Å². The van der Waals surface area contributed by atoms with Gasteiger partial charge in [-0.2, -0.15) is 5.10 Å². The number of ether oxygens (including phenoxy) is 2. The monoisotopic (exact) mass is 433 g/mol. The van der Waals surface area contributed by atoms with Crippen LogP contribution in [0.5, 0.6) is 11.5 Å². The Balaban J connectivity index is 1.90. The minimum Gasteiger partial charge on any atom is -0.493 e. The summed E-state index contributed by atoms with van der Waals surface area (Å²) in [5.41, 5.74) is 8.02. The lowest BCUT2D eigenvalue weighted by Gasteiger charge is -2.31. The molecule has 0 aliphatic carbocycles. The summed E-state index contributed by atoms with van der Waals surface area (Å²) in [4.78, 5) is 25.4. The van der Waals surface area contributed by atoms with Crippen LogP contribution in [0.15, 0.2) is 66.0 Å². The number of carbonyl (C=O) groups is 2. The molecule has 1 aliphatic heterocycles. The van der Waals surface area contributed by atoms with E-state index in [0.29, 0.717) is 39.8 Å². The molecule has 4 rings (SSSR count). The fourth-order valence-electron chi connectivity index (χ4n) is 3.86. The van der Waals surface area contributed by atoms with Crippen molar-refractivity contribution in [2.75, 3.05) is 24.9 Å². The summed E-state index contributed by atoms with van der Waals surface area (Å²) in [6, 6.07) is 13.8. The largest absolute Gasteiger partial charge is 0.493 e. The van der Waals surface area contributed by atoms with Gasteiger partial charge in [0.15, 0.2) is 11.5 Å². The quantitative estimate of drug-likeness (QED) is 0.550. The van der Waals surface area contributed by atoms with Gasteiger partial charge in [0.2, 0.25) is 0 Å². The Hall–Kier alpha value is -4.27. The van der Waals surface area contributed by atoms with Crippen molar-refractivity contribution in [2.24, 2.45) is 5.73 Å². The fraction of sp³-hybridized carbons (Fsp3) is 0.174. The molecule has 164 valence electrons. The third kappa shape index (κ3) is 3.53. The van der Waals surface area contributed by atoms with Crippen LogP contribution in [0.4, 0.5) is 11.5 Å². The summed E-state index contributed by atoms with van der Waals surface area (Å²) in [7, 11) is 3.07. The van der Waals surface area contributed by atoms with Gasteiger partial charge in [-0.25, -0.2) is 4.68 Å². The van der Waals surface area contributed by atoms with Crippen LogP contribution in [0.2, 0.25) is 0 Å². The van der Waals surface area contributed by atoms with Gasteiger partial charge < -0.3 is 25.8 Å². The number of benzene rings is 2. The lowest BCUT2D eigenvalue weighted by Crippen LogP contribution is -2.32. The van der Waals surface area contributed by atoms with Crippen LogP contribution in [0.3, 0.4) is 0 Å². The highest BCUT2D eigenvalue weighted by molar-refractivity contribution is 6.07. The van der Waals surface area contributed by atoms with Crippen LogP contribution in [0.1, 0.15) is 28.9 Å². The topological polar surface area (TPSA) is 120 Å². The highest BCUT2D eigenvalue weighted by Crippen LogP contribution is 2.43. The van der Waals surface area contributed by atoms with E-state index < -0.39 is 11.9 Å². The van der Waals surface area contributed by atoms with Crippen molar-refractivity contribution in [1.82, 2.24) is 9.78 Å². The minimum atomic E-state index is -0.701. The lowest BCUT2D eigenvalue weighted by atomic mass is 9.93. The Bertz CT molecular complexity index is 1220. The van der Waals surface area contributed by atoms with E-state index in [-0.39, 0.29) is 11.5 Å². The van der Waals surface area contributed by atoms with E-state index in [1.54, 1.807) is 43.0 Å². The van der Waals surface area contributed by atoms with Gasteiger partial charge in [0.1, 0.15) is 17.4 Å². The highest BCUT2D eigenvalue weighted by atomic mass is 16.5. The lowest BCUT2D eigenvalue weighted by molar-refractivity contribution is -0.113. The van der Waals surface area contributed by atoms with Gasteiger partial charge in [0.05, 0.1) is 26.0 Å². The maximum absolute atomic E-state index is 13.5. The van der Waals surface area contributed by atoms with E-state index in [4.69, 9.17) is 15.2 Å². The molecule has 3 aromatic rings. The van der Waals surface area contributed by atoms with E-state index >= 15 is 0 Å². The second-order valence-electron chi connectivity index (χ2n) is 7.18. The van der Waals surface area contributed by atoms with Crippen molar-refractivity contribution < 1.29 is 19.1 Å². The molecule has 0 spiro atoms. The van der Waals surface area contributed by atoms with Gasteiger partial charge in [0, 0.05) is 16.9 Å². The van der Waals surface area contributed by atoms with Crippen molar-refractivity contribution in [3.05, 3.63) is 77.1 Å². The molecule has 2 heterocycles. The van der Waals surface area contributed by atoms with Crippen LogP contribution >= 0.6 is 0 Å². The van der Waals surface area contributed by atoms with Gasteiger partial charge in [-0.1, -0.05) is 30.3 Å². The van der Waals surface area contributed by atoms with Crippen molar-refractivity contribution in [1.29, 1.82) is 0 Å². The number of nitrogens with zero attached hydrogens (tertiary/aromatic N) is 2. The smallest absolute Gasteiger partial charge is 0.255 e. The van der Waals surface area contributed by atoms with E-state index in [0.717, 1.165) is 0 Å². The predicted octanol–water partition coefficient (Wildman–Crippen LogP) is 2.93. The Morgan fingerprint density at radius 2 is 1.84 bits per heavy atom. The maximum Gasteiger partial charge on any atom is 0.255 e. The molecule has 0 saturated carbocycles. The molecule has 0 unspecified atom stereocenters. The standard InChI is InChI=1S/C23H23N5O4/c1-13-18(23(30)27-14-8-5-4-6-9-14)19(15-10-7-11-17(31-2)20(15)32-3)28-22(26-13)16(12-25-28)21(24)29/h4-12,19,26H,1-3H3,(H2,24,29)(H,27,30)/t19-/m1/s1. The maximum atomic E-state index is 13.5. The average molecular weight is 433 g/mol. The number of aromatic nitrogens is 2. The number of amides is 2. The Kier molecular flexibility index (Phi) is 5.55. The Morgan fingerprint density at radius 1 is 1.09 bits per heavy atom. The molecule has 0 fully saturated rings. The molecule has 32 heavy (non-hydrogen) atoms. The van der Waals surface area contributed by atoms with E-state index in [1.807, 2.05) is 24.3 Å². The first-order valence-electron chi connectivity index (χ1n) is 9.88. The Labute approximate surface area is 184 Å². The zero-order chi connectivity index (χ0) is 22.8. The predicted molar refractivity (Wildman–Crippen MR) is 120 cm³/mol. The zero-order valence-corrected chi connectivity index (χ0v) is 17.9. The number of allylic oxidation sites excluding steroid dienone is 1. The molecule has 2 aromatic carbocycles. The van der Waals surface area contributed by atoms with Crippen LogP contribution in [0, 0.1) is 0 Å². The number of hydrogen-bond donors (Lipinski definition) is 3. The summed E-state index contributed by atoms with van der Waals surface area (Å²) in [6.07, 6.45) is 1.38. The number of methoxy groups -OCH3 is 2. The number of primary amides is 1.